The number of hydrogen-bond donors (Lipinski definition) is 2. The van der Waals surface area contributed by atoms with E-state index >= 15 is 0 Å². The molecule has 2 nitrogen and oxygen atoms in total. The van der Waals surface area contributed by atoms with E-state index in [9.17, 15) is 0 Å². The summed E-state index contributed by atoms with van der Waals surface area (Å²) >= 11 is 1.79. The maximum absolute atomic E-state index is 5.63. The average molecular weight is 234 g/mol. The lowest BCUT2D eigenvalue weighted by Gasteiger charge is -2.12. The summed E-state index contributed by atoms with van der Waals surface area (Å²) in [6.07, 6.45) is 2.09. The minimum absolute atomic E-state index is 0.365. The maximum atomic E-state index is 5.63. The normalized spacial score (nSPS) is 19.4. The van der Waals surface area contributed by atoms with Gasteiger partial charge in [-0.25, -0.2) is 0 Å². The van der Waals surface area contributed by atoms with Crippen LogP contribution in [0.4, 0.5) is 0 Å². The Kier molecular flexibility index (Phi) is 3.91. The Morgan fingerprint density at radius 1 is 1.31 bits per heavy atom. The van der Waals surface area contributed by atoms with Crippen LogP contribution in [0, 0.1) is 0 Å². The maximum Gasteiger partial charge on any atom is 0.0884 e. The Balaban J connectivity index is 2.04. The molecule has 0 aromatic heterocycles. The van der Waals surface area contributed by atoms with Crippen molar-refractivity contribution in [1.29, 1.82) is 0 Å². The average Bonchev–Trinajstić information content (AvgIpc) is 2.77. The van der Waals surface area contributed by atoms with E-state index in [1.165, 1.54) is 16.8 Å². The van der Waals surface area contributed by atoms with Crippen molar-refractivity contribution in [2.75, 3.05) is 6.54 Å². The van der Waals surface area contributed by atoms with Gasteiger partial charge in [0.2, 0.25) is 0 Å². The Labute approximate surface area is 101 Å². The topological polar surface area (TPSA) is 38.0 Å². The van der Waals surface area contributed by atoms with Gasteiger partial charge in [-0.2, -0.15) is 0 Å². The van der Waals surface area contributed by atoms with Crippen molar-refractivity contribution in [3.63, 3.8) is 0 Å². The summed E-state index contributed by atoms with van der Waals surface area (Å²) in [5.41, 5.74) is 9.78. The van der Waals surface area contributed by atoms with Gasteiger partial charge in [-0.3, -0.25) is 0 Å². The summed E-state index contributed by atoms with van der Waals surface area (Å²) in [6, 6.07) is 8.63. The molecule has 1 heterocycles. The highest BCUT2D eigenvalue weighted by Crippen LogP contribution is 2.23. The van der Waals surface area contributed by atoms with Crippen molar-refractivity contribution in [1.82, 2.24) is 5.32 Å². The molecule has 16 heavy (non-hydrogen) atoms. The first-order chi connectivity index (χ1) is 7.83. The number of nitrogens with one attached hydrogen (secondary N) is 1. The number of nitrogens with two attached hydrogens (primary N) is 1. The monoisotopic (exact) mass is 234 g/mol. The third kappa shape index (κ3) is 2.60. The second-order valence-electron chi connectivity index (χ2n) is 3.95. The Morgan fingerprint density at radius 2 is 2.06 bits per heavy atom. The van der Waals surface area contributed by atoms with Gasteiger partial charge in [0.15, 0.2) is 0 Å². The molecule has 0 saturated carbocycles. The van der Waals surface area contributed by atoms with E-state index < -0.39 is 0 Å². The second-order valence-corrected chi connectivity index (χ2v) is 5.02. The highest BCUT2D eigenvalue weighted by molar-refractivity contribution is 8.03. The summed E-state index contributed by atoms with van der Waals surface area (Å²) in [4.78, 5) is 0. The van der Waals surface area contributed by atoms with Gasteiger partial charge >= 0.3 is 0 Å². The van der Waals surface area contributed by atoms with Crippen LogP contribution in [0.3, 0.4) is 0 Å². The molecule has 1 aromatic rings. The van der Waals surface area contributed by atoms with Crippen LogP contribution >= 0.6 is 11.8 Å². The third-order valence-corrected chi connectivity index (χ3v) is 3.87. The van der Waals surface area contributed by atoms with E-state index in [0.717, 1.165) is 12.8 Å². The van der Waals surface area contributed by atoms with E-state index in [1.807, 2.05) is 0 Å². The quantitative estimate of drug-likeness (QED) is 0.839. The van der Waals surface area contributed by atoms with Crippen molar-refractivity contribution in [2.45, 2.75) is 25.1 Å². The lowest BCUT2D eigenvalue weighted by Crippen LogP contribution is -2.29. The molecular formula is C13H18N2S. The van der Waals surface area contributed by atoms with E-state index in [0.29, 0.717) is 11.9 Å². The molecule has 0 saturated heterocycles. The molecule has 86 valence electrons. The van der Waals surface area contributed by atoms with Gasteiger partial charge in [-0.15, -0.1) is 11.8 Å². The van der Waals surface area contributed by atoms with Gasteiger partial charge in [0.05, 0.1) is 5.37 Å². The van der Waals surface area contributed by atoms with Crippen LogP contribution in [-0.4, -0.2) is 11.9 Å². The zero-order chi connectivity index (χ0) is 11.4. The highest BCUT2D eigenvalue weighted by Gasteiger charge is 2.15. The molecule has 0 spiro atoms. The summed E-state index contributed by atoms with van der Waals surface area (Å²) in [5, 5.41) is 6.00. The van der Waals surface area contributed by atoms with Crippen LogP contribution in [0.2, 0.25) is 0 Å². The zero-order valence-electron chi connectivity index (χ0n) is 9.57. The summed E-state index contributed by atoms with van der Waals surface area (Å²) in [7, 11) is 0. The van der Waals surface area contributed by atoms with Gasteiger partial charge in [0, 0.05) is 18.7 Å². The first-order valence-electron chi connectivity index (χ1n) is 5.71. The molecule has 1 aromatic carbocycles. The number of rotatable bonds is 4. The molecule has 1 aliphatic rings. The first-order valence-corrected chi connectivity index (χ1v) is 6.65. The van der Waals surface area contributed by atoms with Crippen molar-refractivity contribution in [3.8, 4) is 0 Å². The SMILES string of the molecule is CCc1ccccc1CC1=CSC(CN)N1. The predicted octanol–water partition coefficient (Wildman–Crippen LogP) is 2.25. The molecule has 3 heteroatoms. The molecule has 2 rings (SSSR count). The second kappa shape index (κ2) is 5.41. The van der Waals surface area contributed by atoms with Crippen LogP contribution in [0.5, 0.6) is 0 Å². The molecule has 0 amide bonds. The Bertz CT molecular complexity index is 387. The molecule has 1 atom stereocenters. The van der Waals surface area contributed by atoms with Crippen LogP contribution in [-0.2, 0) is 12.8 Å². The molecule has 0 bridgehead atoms. The third-order valence-electron chi connectivity index (χ3n) is 2.82. The minimum Gasteiger partial charge on any atom is -0.375 e. The fourth-order valence-electron chi connectivity index (χ4n) is 1.93. The number of benzene rings is 1. The van der Waals surface area contributed by atoms with Gasteiger partial charge in [0.1, 0.15) is 0 Å². The van der Waals surface area contributed by atoms with Crippen molar-refractivity contribution >= 4 is 11.8 Å². The lowest BCUT2D eigenvalue weighted by molar-refractivity contribution is 0.742. The van der Waals surface area contributed by atoms with Crippen LogP contribution < -0.4 is 11.1 Å². The predicted molar refractivity (Wildman–Crippen MR) is 71.2 cm³/mol. The van der Waals surface area contributed by atoms with Crippen molar-refractivity contribution in [3.05, 3.63) is 46.5 Å². The zero-order valence-corrected chi connectivity index (χ0v) is 10.4. The van der Waals surface area contributed by atoms with E-state index in [2.05, 4.69) is 41.9 Å². The fourth-order valence-corrected chi connectivity index (χ4v) is 2.74. The van der Waals surface area contributed by atoms with E-state index in [4.69, 9.17) is 5.73 Å². The molecule has 1 unspecified atom stereocenters. The molecular weight excluding hydrogens is 216 g/mol. The lowest BCUT2D eigenvalue weighted by atomic mass is 10.0. The van der Waals surface area contributed by atoms with E-state index in [-0.39, 0.29) is 0 Å². The minimum atomic E-state index is 0.365. The molecule has 0 radical (unpaired) electrons. The molecule has 0 aliphatic carbocycles. The molecule has 0 fully saturated rings. The van der Waals surface area contributed by atoms with Gasteiger partial charge in [-0.1, -0.05) is 31.2 Å². The highest BCUT2D eigenvalue weighted by atomic mass is 32.2. The van der Waals surface area contributed by atoms with Gasteiger partial charge in [0.25, 0.3) is 0 Å². The number of aryl methyl sites for hydroxylation is 1. The molecule has 3 N–H and O–H groups in total. The largest absolute Gasteiger partial charge is 0.375 e. The smallest absolute Gasteiger partial charge is 0.0884 e. The number of hydrogen-bond acceptors (Lipinski definition) is 3. The van der Waals surface area contributed by atoms with Gasteiger partial charge in [-0.05, 0) is 23.0 Å². The summed E-state index contributed by atoms with van der Waals surface area (Å²) in [6.45, 7) is 2.88. The Hall–Kier alpha value is -0.930. The summed E-state index contributed by atoms with van der Waals surface area (Å²) < 4.78 is 0. The van der Waals surface area contributed by atoms with Crippen molar-refractivity contribution < 1.29 is 0 Å². The standard InChI is InChI=1S/C13H18N2S/c1-2-10-5-3-4-6-11(10)7-12-9-16-13(8-14)15-12/h3-6,9,13,15H,2,7-8,14H2,1H3. The fraction of sp³-hybridized carbons (Fsp3) is 0.385. The number of allylic oxidation sites excluding steroid dienone is 1. The van der Waals surface area contributed by atoms with Crippen molar-refractivity contribution in [2.24, 2.45) is 5.73 Å². The van der Waals surface area contributed by atoms with Gasteiger partial charge < -0.3 is 11.1 Å². The Morgan fingerprint density at radius 3 is 2.69 bits per heavy atom. The van der Waals surface area contributed by atoms with Crippen LogP contribution in [0.15, 0.2) is 35.4 Å². The van der Waals surface area contributed by atoms with Crippen LogP contribution in [0.25, 0.3) is 0 Å². The van der Waals surface area contributed by atoms with E-state index in [1.54, 1.807) is 11.8 Å². The first kappa shape index (κ1) is 11.6. The molecule has 1 aliphatic heterocycles. The number of thioether (sulfide) groups is 1. The summed E-state index contributed by atoms with van der Waals surface area (Å²) in [5.74, 6) is 0. The van der Waals surface area contributed by atoms with Crippen LogP contribution in [0.1, 0.15) is 18.1 Å².